The van der Waals surface area contributed by atoms with Gasteiger partial charge in [-0.2, -0.15) is 0 Å². The zero-order valence-corrected chi connectivity index (χ0v) is 14.5. The molecule has 0 amide bonds. The summed E-state index contributed by atoms with van der Waals surface area (Å²) in [6, 6.07) is 16.2. The molecule has 136 valence electrons. The topological polar surface area (TPSA) is 88.0 Å². The lowest BCUT2D eigenvalue weighted by molar-refractivity contribution is -0.139. The Balaban J connectivity index is 0.00000151. The van der Waals surface area contributed by atoms with E-state index < -0.39 is 18.7 Å². The number of hydrogen-bond donors (Lipinski definition) is 3. The smallest absolute Gasteiger partial charge is 0.341 e. The van der Waals surface area contributed by atoms with E-state index in [-0.39, 0.29) is 6.61 Å². The number of carbonyl (C=O) groups is 1. The van der Waals surface area contributed by atoms with Crippen LogP contribution in [0.3, 0.4) is 0 Å². The molecule has 0 saturated carbocycles. The highest BCUT2D eigenvalue weighted by Gasteiger charge is 2.06. The van der Waals surface area contributed by atoms with Gasteiger partial charge in [0.15, 0.2) is 6.61 Å². The van der Waals surface area contributed by atoms with Crippen LogP contribution in [0, 0.1) is 0 Å². The third kappa shape index (κ3) is 8.62. The molecule has 6 nitrogen and oxygen atoms in total. The van der Waals surface area contributed by atoms with Gasteiger partial charge in [0.2, 0.25) is 0 Å². The van der Waals surface area contributed by atoms with Gasteiger partial charge in [0, 0.05) is 18.3 Å². The Labute approximate surface area is 148 Å². The third-order valence-corrected chi connectivity index (χ3v) is 2.92. The van der Waals surface area contributed by atoms with E-state index in [0.29, 0.717) is 18.0 Å². The Kier molecular flexibility index (Phi) is 9.55. The molecule has 0 aliphatic heterocycles. The number of para-hydroxylation sites is 1. The van der Waals surface area contributed by atoms with Gasteiger partial charge >= 0.3 is 5.97 Å². The number of carboxylic acids is 1. The van der Waals surface area contributed by atoms with Crippen LogP contribution in [0.2, 0.25) is 0 Å². The second-order valence-corrected chi connectivity index (χ2v) is 4.87. The fourth-order valence-electron chi connectivity index (χ4n) is 1.84. The lowest BCUT2D eigenvalue weighted by atomic mass is 10.3. The van der Waals surface area contributed by atoms with Crippen molar-refractivity contribution in [3.63, 3.8) is 0 Å². The van der Waals surface area contributed by atoms with Gasteiger partial charge in [-0.3, -0.25) is 0 Å². The molecule has 0 aliphatic carbocycles. The zero-order chi connectivity index (χ0) is 18.5. The van der Waals surface area contributed by atoms with Gasteiger partial charge in [0.25, 0.3) is 0 Å². The number of aliphatic hydroxyl groups excluding tert-OH is 1. The second-order valence-electron chi connectivity index (χ2n) is 4.87. The summed E-state index contributed by atoms with van der Waals surface area (Å²) in [7, 11) is 0. The largest absolute Gasteiger partial charge is 0.491 e. The quantitative estimate of drug-likeness (QED) is 0.646. The predicted octanol–water partition coefficient (Wildman–Crippen LogP) is 3.03. The van der Waals surface area contributed by atoms with Crippen LogP contribution in [0.15, 0.2) is 54.6 Å². The first kappa shape index (κ1) is 20.3. The van der Waals surface area contributed by atoms with E-state index in [9.17, 15) is 9.90 Å². The number of aliphatic carboxylic acids is 1. The van der Waals surface area contributed by atoms with E-state index >= 15 is 0 Å². The fourth-order valence-corrected chi connectivity index (χ4v) is 1.84. The summed E-state index contributed by atoms with van der Waals surface area (Å²) in [5.74, 6) is 0.125. The first-order chi connectivity index (χ1) is 12.1. The fraction of sp³-hybridized carbons (Fsp3) is 0.316. The van der Waals surface area contributed by atoms with Crippen molar-refractivity contribution in [2.45, 2.75) is 20.0 Å². The van der Waals surface area contributed by atoms with E-state index in [4.69, 9.17) is 14.6 Å². The molecule has 1 unspecified atom stereocenters. The molecule has 25 heavy (non-hydrogen) atoms. The molecule has 2 aromatic rings. The maximum Gasteiger partial charge on any atom is 0.341 e. The van der Waals surface area contributed by atoms with Crippen LogP contribution >= 0.6 is 0 Å². The van der Waals surface area contributed by atoms with E-state index in [0.717, 1.165) is 5.69 Å². The SMILES string of the molecule is CC.O=C(O)COc1cccc(NCC(O)COc2ccccc2)c1. The van der Waals surface area contributed by atoms with Gasteiger partial charge in [0.05, 0.1) is 0 Å². The summed E-state index contributed by atoms with van der Waals surface area (Å²) in [5, 5.41) is 21.6. The minimum Gasteiger partial charge on any atom is -0.491 e. The molecule has 0 aromatic heterocycles. The van der Waals surface area contributed by atoms with Crippen molar-refractivity contribution in [1.82, 2.24) is 0 Å². The van der Waals surface area contributed by atoms with Crippen LogP contribution in [0.4, 0.5) is 5.69 Å². The average molecular weight is 347 g/mol. The van der Waals surface area contributed by atoms with Crippen molar-refractivity contribution in [2.24, 2.45) is 0 Å². The number of nitrogens with one attached hydrogen (secondary N) is 1. The number of ether oxygens (including phenoxy) is 2. The van der Waals surface area contributed by atoms with Gasteiger partial charge in [-0.25, -0.2) is 4.79 Å². The maximum absolute atomic E-state index is 10.5. The van der Waals surface area contributed by atoms with Crippen LogP contribution < -0.4 is 14.8 Å². The maximum atomic E-state index is 10.5. The number of hydrogen-bond acceptors (Lipinski definition) is 5. The minimum atomic E-state index is -1.03. The molecular weight excluding hydrogens is 322 g/mol. The summed E-state index contributed by atoms with van der Waals surface area (Å²) < 4.78 is 10.6. The summed E-state index contributed by atoms with van der Waals surface area (Å²) in [6.45, 7) is 4.08. The van der Waals surface area contributed by atoms with Crippen molar-refractivity contribution in [3.8, 4) is 11.5 Å². The number of anilines is 1. The van der Waals surface area contributed by atoms with E-state index in [2.05, 4.69) is 5.32 Å². The summed E-state index contributed by atoms with van der Waals surface area (Å²) in [5.41, 5.74) is 0.728. The molecule has 0 aliphatic rings. The highest BCUT2D eigenvalue weighted by atomic mass is 16.5. The normalized spacial score (nSPS) is 10.8. The van der Waals surface area contributed by atoms with Gasteiger partial charge < -0.3 is 25.0 Å². The molecule has 0 fully saturated rings. The summed E-state index contributed by atoms with van der Waals surface area (Å²) >= 11 is 0. The van der Waals surface area contributed by atoms with Crippen LogP contribution in [-0.4, -0.2) is 42.0 Å². The van der Waals surface area contributed by atoms with Gasteiger partial charge in [-0.05, 0) is 24.3 Å². The van der Waals surface area contributed by atoms with Crippen LogP contribution in [0.1, 0.15) is 13.8 Å². The van der Waals surface area contributed by atoms with Crippen molar-refractivity contribution in [1.29, 1.82) is 0 Å². The molecular formula is C19H25NO5. The molecule has 0 bridgehead atoms. The van der Waals surface area contributed by atoms with E-state index in [1.807, 2.05) is 44.2 Å². The molecule has 0 heterocycles. The number of carboxylic acid groups (broad SMARTS) is 1. The van der Waals surface area contributed by atoms with Crippen LogP contribution in [0.5, 0.6) is 11.5 Å². The standard InChI is InChI=1S/C17H19NO5.C2H6/c19-14(11-22-15-6-2-1-3-7-15)10-18-13-5-4-8-16(9-13)23-12-17(20)21;1-2/h1-9,14,18-19H,10-12H2,(H,20,21);1-2H3. The third-order valence-electron chi connectivity index (χ3n) is 2.92. The Morgan fingerprint density at radius 1 is 1.04 bits per heavy atom. The summed E-state index contributed by atoms with van der Waals surface area (Å²) in [4.78, 5) is 10.5. The molecule has 3 N–H and O–H groups in total. The molecule has 2 aromatic carbocycles. The lowest BCUT2D eigenvalue weighted by Gasteiger charge is -2.14. The van der Waals surface area contributed by atoms with Crippen LogP contribution in [-0.2, 0) is 4.79 Å². The Hall–Kier alpha value is -2.73. The van der Waals surface area contributed by atoms with Crippen molar-refractivity contribution >= 4 is 11.7 Å². The number of aliphatic hydroxyl groups is 1. The average Bonchev–Trinajstić information content (AvgIpc) is 2.66. The monoisotopic (exact) mass is 347 g/mol. The van der Waals surface area contributed by atoms with Gasteiger partial charge in [-0.15, -0.1) is 0 Å². The molecule has 0 saturated heterocycles. The highest BCUT2D eigenvalue weighted by Crippen LogP contribution is 2.17. The Morgan fingerprint density at radius 3 is 2.40 bits per heavy atom. The first-order valence-electron chi connectivity index (χ1n) is 8.18. The van der Waals surface area contributed by atoms with Crippen molar-refractivity contribution in [2.75, 3.05) is 25.1 Å². The Morgan fingerprint density at radius 2 is 1.72 bits per heavy atom. The number of rotatable bonds is 9. The van der Waals surface area contributed by atoms with Gasteiger partial charge in [-0.1, -0.05) is 38.1 Å². The first-order valence-corrected chi connectivity index (χ1v) is 8.18. The second kappa shape index (κ2) is 11.8. The molecule has 1 atom stereocenters. The van der Waals surface area contributed by atoms with Crippen molar-refractivity contribution < 1.29 is 24.5 Å². The Bertz CT molecular complexity index is 618. The predicted molar refractivity (Wildman–Crippen MR) is 97.4 cm³/mol. The van der Waals surface area contributed by atoms with E-state index in [1.54, 1.807) is 24.3 Å². The van der Waals surface area contributed by atoms with Crippen molar-refractivity contribution in [3.05, 3.63) is 54.6 Å². The molecule has 0 spiro atoms. The summed E-state index contributed by atoms with van der Waals surface area (Å²) in [6.07, 6.45) is -0.682. The highest BCUT2D eigenvalue weighted by molar-refractivity contribution is 5.68. The molecule has 6 heteroatoms. The zero-order valence-electron chi connectivity index (χ0n) is 14.5. The lowest BCUT2D eigenvalue weighted by Crippen LogP contribution is -2.26. The molecule has 2 rings (SSSR count). The molecule has 0 radical (unpaired) electrons. The number of benzene rings is 2. The van der Waals surface area contributed by atoms with Crippen LogP contribution in [0.25, 0.3) is 0 Å². The minimum absolute atomic E-state index is 0.173. The van der Waals surface area contributed by atoms with Gasteiger partial charge in [0.1, 0.15) is 24.2 Å². The van der Waals surface area contributed by atoms with E-state index in [1.165, 1.54) is 0 Å².